The Morgan fingerprint density at radius 3 is 2.35 bits per heavy atom. The average Bonchev–Trinajstić information content (AvgIpc) is 2.55. The van der Waals surface area contributed by atoms with Gasteiger partial charge in [0.05, 0.1) is 11.6 Å². The first kappa shape index (κ1) is 16.6. The molecule has 0 radical (unpaired) electrons. The van der Waals surface area contributed by atoms with Crippen molar-refractivity contribution >= 4 is 29.2 Å². The lowest BCUT2D eigenvalue weighted by Gasteiger charge is -2.10. The van der Waals surface area contributed by atoms with E-state index in [-0.39, 0.29) is 0 Å². The number of rotatable bonds is 5. The minimum absolute atomic E-state index is 0.460. The normalized spacial score (nSPS) is 12.3. The predicted octanol–water partition coefficient (Wildman–Crippen LogP) is 4.26. The van der Waals surface area contributed by atoms with Gasteiger partial charge in [0, 0.05) is 5.02 Å². The quantitative estimate of drug-likeness (QED) is 0.658. The maximum atomic E-state index is 10.8. The molecule has 2 rings (SSSR count). The van der Waals surface area contributed by atoms with Crippen LogP contribution in [0.1, 0.15) is 18.1 Å². The standard InChI is InChI=1S/C18H14ClNO3/c1-12(18(21)22)23-17-8-2-13(3-9-17)10-15(11-20)14-4-6-16(19)7-5-14/h2-10,12H,1H3,(H,21,22)/b15-10-/t12-/m0/s1. The Morgan fingerprint density at radius 1 is 1.22 bits per heavy atom. The molecule has 5 heteroatoms. The molecule has 23 heavy (non-hydrogen) atoms. The van der Waals surface area contributed by atoms with Crippen LogP contribution in [0.25, 0.3) is 11.6 Å². The second-order valence-corrected chi connectivity index (χ2v) is 5.28. The number of carboxylic acid groups (broad SMARTS) is 1. The zero-order chi connectivity index (χ0) is 16.8. The number of benzene rings is 2. The summed E-state index contributed by atoms with van der Waals surface area (Å²) in [7, 11) is 0. The smallest absolute Gasteiger partial charge is 0.344 e. The maximum absolute atomic E-state index is 10.8. The first-order valence-corrected chi connectivity index (χ1v) is 7.24. The van der Waals surface area contributed by atoms with Crippen LogP contribution in [-0.4, -0.2) is 17.2 Å². The van der Waals surface area contributed by atoms with Crippen LogP contribution >= 0.6 is 11.6 Å². The molecule has 1 atom stereocenters. The van der Waals surface area contributed by atoms with Gasteiger partial charge < -0.3 is 9.84 Å². The lowest BCUT2D eigenvalue weighted by atomic mass is 10.0. The summed E-state index contributed by atoms with van der Waals surface area (Å²) in [6.45, 7) is 1.46. The van der Waals surface area contributed by atoms with Crippen molar-refractivity contribution in [1.82, 2.24) is 0 Å². The molecule has 0 unspecified atom stereocenters. The molecule has 0 aromatic heterocycles. The zero-order valence-electron chi connectivity index (χ0n) is 12.4. The van der Waals surface area contributed by atoms with Gasteiger partial charge in [0.2, 0.25) is 0 Å². The van der Waals surface area contributed by atoms with Gasteiger partial charge >= 0.3 is 5.97 Å². The molecule has 4 nitrogen and oxygen atoms in total. The highest BCUT2D eigenvalue weighted by Crippen LogP contribution is 2.21. The first-order chi connectivity index (χ1) is 11.0. The number of carboxylic acids is 1. The summed E-state index contributed by atoms with van der Waals surface area (Å²) < 4.78 is 5.26. The number of nitriles is 1. The van der Waals surface area contributed by atoms with E-state index in [1.165, 1.54) is 6.92 Å². The highest BCUT2D eigenvalue weighted by molar-refractivity contribution is 6.30. The van der Waals surface area contributed by atoms with Crippen molar-refractivity contribution in [2.24, 2.45) is 0 Å². The summed E-state index contributed by atoms with van der Waals surface area (Å²) in [6.07, 6.45) is 0.827. The zero-order valence-corrected chi connectivity index (χ0v) is 13.1. The van der Waals surface area contributed by atoms with Crippen LogP contribution in [0.2, 0.25) is 5.02 Å². The second-order valence-electron chi connectivity index (χ2n) is 4.84. The topological polar surface area (TPSA) is 70.3 Å². The van der Waals surface area contributed by atoms with Crippen LogP contribution in [-0.2, 0) is 4.79 Å². The van der Waals surface area contributed by atoms with Crippen LogP contribution in [0, 0.1) is 11.3 Å². The summed E-state index contributed by atoms with van der Waals surface area (Å²) in [6, 6.07) is 16.0. The molecule has 2 aromatic carbocycles. The monoisotopic (exact) mass is 327 g/mol. The Hall–Kier alpha value is -2.77. The summed E-state index contributed by atoms with van der Waals surface area (Å²) in [5.74, 6) is -0.564. The van der Waals surface area contributed by atoms with Crippen molar-refractivity contribution in [3.8, 4) is 11.8 Å². The van der Waals surface area contributed by atoms with Crippen molar-refractivity contribution in [2.45, 2.75) is 13.0 Å². The van der Waals surface area contributed by atoms with Crippen LogP contribution in [0.3, 0.4) is 0 Å². The molecule has 1 N–H and O–H groups in total. The van der Waals surface area contributed by atoms with Gasteiger partial charge in [-0.1, -0.05) is 35.9 Å². The molecular formula is C18H14ClNO3. The van der Waals surface area contributed by atoms with Crippen molar-refractivity contribution in [2.75, 3.05) is 0 Å². The predicted molar refractivity (Wildman–Crippen MR) is 89.1 cm³/mol. The highest BCUT2D eigenvalue weighted by Gasteiger charge is 2.11. The fourth-order valence-electron chi connectivity index (χ4n) is 1.87. The molecule has 0 saturated carbocycles. The fourth-order valence-corrected chi connectivity index (χ4v) is 2.00. The van der Waals surface area contributed by atoms with Gasteiger partial charge in [-0.05, 0) is 48.4 Å². The third kappa shape index (κ3) is 4.60. The van der Waals surface area contributed by atoms with E-state index in [2.05, 4.69) is 6.07 Å². The van der Waals surface area contributed by atoms with Crippen LogP contribution in [0.5, 0.6) is 5.75 Å². The van der Waals surface area contributed by atoms with E-state index in [4.69, 9.17) is 21.4 Å². The molecule has 0 aliphatic carbocycles. The number of hydrogen-bond donors (Lipinski definition) is 1. The SMILES string of the molecule is C[C@H](Oc1ccc(/C=C(/C#N)c2ccc(Cl)cc2)cc1)C(=O)O. The number of allylic oxidation sites excluding steroid dienone is 1. The molecule has 0 aliphatic rings. The van der Waals surface area contributed by atoms with E-state index in [0.717, 1.165) is 11.1 Å². The van der Waals surface area contributed by atoms with Gasteiger partial charge in [0.25, 0.3) is 0 Å². The Balaban J connectivity index is 2.19. The van der Waals surface area contributed by atoms with Crippen molar-refractivity contribution < 1.29 is 14.6 Å². The number of ether oxygens (including phenoxy) is 1. The summed E-state index contributed by atoms with van der Waals surface area (Å²) in [5.41, 5.74) is 2.10. The molecular weight excluding hydrogens is 314 g/mol. The fraction of sp³-hybridized carbons (Fsp3) is 0.111. The Kier molecular flexibility index (Phi) is 5.40. The second kappa shape index (κ2) is 7.48. The van der Waals surface area contributed by atoms with Gasteiger partial charge in [-0.25, -0.2) is 4.79 Å². The minimum atomic E-state index is -1.02. The maximum Gasteiger partial charge on any atom is 0.344 e. The number of hydrogen-bond acceptors (Lipinski definition) is 3. The van der Waals surface area contributed by atoms with Gasteiger partial charge in [-0.3, -0.25) is 0 Å². The Bertz CT molecular complexity index is 758. The van der Waals surface area contributed by atoms with E-state index >= 15 is 0 Å². The molecule has 0 amide bonds. The van der Waals surface area contributed by atoms with E-state index in [1.807, 2.05) is 0 Å². The van der Waals surface area contributed by atoms with E-state index in [0.29, 0.717) is 16.3 Å². The first-order valence-electron chi connectivity index (χ1n) is 6.87. The van der Waals surface area contributed by atoms with Gasteiger partial charge in [-0.2, -0.15) is 5.26 Å². The van der Waals surface area contributed by atoms with E-state index in [1.54, 1.807) is 54.6 Å². The van der Waals surface area contributed by atoms with Gasteiger partial charge in [-0.15, -0.1) is 0 Å². The lowest BCUT2D eigenvalue weighted by molar-refractivity contribution is -0.144. The van der Waals surface area contributed by atoms with Crippen LogP contribution < -0.4 is 4.74 Å². The molecule has 0 bridgehead atoms. The van der Waals surface area contributed by atoms with Crippen LogP contribution in [0.4, 0.5) is 0 Å². The number of nitrogens with zero attached hydrogens (tertiary/aromatic N) is 1. The Morgan fingerprint density at radius 2 is 1.83 bits per heavy atom. The van der Waals surface area contributed by atoms with Crippen molar-refractivity contribution in [1.29, 1.82) is 5.26 Å². The minimum Gasteiger partial charge on any atom is -0.479 e. The lowest BCUT2D eigenvalue weighted by Crippen LogP contribution is -2.22. The van der Waals surface area contributed by atoms with Gasteiger partial charge in [0.15, 0.2) is 6.10 Å². The Labute approximate surface area is 139 Å². The number of carbonyl (C=O) groups is 1. The molecule has 0 saturated heterocycles. The average molecular weight is 328 g/mol. The third-order valence-corrected chi connectivity index (χ3v) is 3.38. The molecule has 0 fully saturated rings. The summed E-state index contributed by atoms with van der Waals surface area (Å²) >= 11 is 5.84. The van der Waals surface area contributed by atoms with E-state index < -0.39 is 12.1 Å². The third-order valence-electron chi connectivity index (χ3n) is 3.13. The summed E-state index contributed by atoms with van der Waals surface area (Å²) in [4.78, 5) is 10.8. The number of halogens is 1. The largest absolute Gasteiger partial charge is 0.479 e. The van der Waals surface area contributed by atoms with Gasteiger partial charge in [0.1, 0.15) is 5.75 Å². The molecule has 0 spiro atoms. The molecule has 0 aliphatic heterocycles. The van der Waals surface area contributed by atoms with Crippen molar-refractivity contribution in [3.63, 3.8) is 0 Å². The summed E-state index contributed by atoms with van der Waals surface area (Å²) in [5, 5.41) is 18.7. The van der Waals surface area contributed by atoms with E-state index in [9.17, 15) is 10.1 Å². The van der Waals surface area contributed by atoms with Crippen LogP contribution in [0.15, 0.2) is 48.5 Å². The molecule has 2 aromatic rings. The molecule has 116 valence electrons. The number of aliphatic carboxylic acids is 1. The molecule has 0 heterocycles. The van der Waals surface area contributed by atoms with Crippen molar-refractivity contribution in [3.05, 3.63) is 64.7 Å². The highest BCUT2D eigenvalue weighted by atomic mass is 35.5.